The van der Waals surface area contributed by atoms with Crippen molar-refractivity contribution in [3.8, 4) is 5.75 Å². The number of benzene rings is 1. The van der Waals surface area contributed by atoms with Crippen LogP contribution < -0.4 is 14.8 Å². The summed E-state index contributed by atoms with van der Waals surface area (Å²) in [6.45, 7) is 3.99. The number of ether oxygens (including phenoxy) is 1. The molecule has 1 heterocycles. The van der Waals surface area contributed by atoms with Crippen LogP contribution in [0.2, 0.25) is 5.02 Å². The fourth-order valence-electron chi connectivity index (χ4n) is 2.65. The molecular formula is C17H26ClN3O4S. The molecule has 2 N–H and O–H groups in total. The first-order valence-corrected chi connectivity index (χ1v) is 10.6. The molecule has 1 saturated heterocycles. The maximum absolute atomic E-state index is 12.1. The lowest BCUT2D eigenvalue weighted by molar-refractivity contribution is -0.124. The van der Waals surface area contributed by atoms with Crippen molar-refractivity contribution >= 4 is 27.5 Å². The second kappa shape index (κ2) is 9.55. The van der Waals surface area contributed by atoms with E-state index in [4.69, 9.17) is 16.3 Å². The van der Waals surface area contributed by atoms with Crippen LogP contribution in [0.25, 0.3) is 0 Å². The third kappa shape index (κ3) is 6.12. The molecule has 1 fully saturated rings. The van der Waals surface area contributed by atoms with E-state index in [2.05, 4.69) is 22.0 Å². The molecule has 1 aromatic carbocycles. The van der Waals surface area contributed by atoms with Crippen molar-refractivity contribution in [1.29, 1.82) is 0 Å². The quantitative estimate of drug-likeness (QED) is 0.688. The Hall–Kier alpha value is -1.35. The predicted octanol–water partition coefficient (Wildman–Crippen LogP) is 1.62. The fraction of sp³-hybridized carbons (Fsp3) is 0.588. The minimum absolute atomic E-state index is 0.0686. The summed E-state index contributed by atoms with van der Waals surface area (Å²) in [7, 11) is -1.53. The standard InChI is InChI=1S/C17H26ClN3O4S/c1-3-8-19-26(23,24)14-4-5-16(15(18)11-14)25-12-17(22)20-13-6-9-21(2)10-7-13/h4-5,11,13,19H,3,6-10,12H2,1-2H3,(H,20,22). The summed E-state index contributed by atoms with van der Waals surface area (Å²) in [6.07, 6.45) is 2.53. The Morgan fingerprint density at radius 3 is 2.65 bits per heavy atom. The Kier molecular flexibility index (Phi) is 7.69. The zero-order chi connectivity index (χ0) is 19.2. The average molecular weight is 404 g/mol. The van der Waals surface area contributed by atoms with Crippen molar-refractivity contribution in [2.24, 2.45) is 0 Å². The van der Waals surface area contributed by atoms with Gasteiger partial charge >= 0.3 is 0 Å². The Balaban J connectivity index is 1.88. The van der Waals surface area contributed by atoms with E-state index in [1.54, 1.807) is 0 Å². The molecule has 0 aromatic heterocycles. The Bertz CT molecular complexity index is 719. The van der Waals surface area contributed by atoms with E-state index < -0.39 is 10.0 Å². The van der Waals surface area contributed by atoms with E-state index in [0.717, 1.165) is 25.9 Å². The molecule has 0 atom stereocenters. The molecule has 1 aromatic rings. The van der Waals surface area contributed by atoms with Gasteiger partial charge in [0.1, 0.15) is 5.75 Å². The topological polar surface area (TPSA) is 87.7 Å². The molecule has 1 aliphatic heterocycles. The molecular weight excluding hydrogens is 378 g/mol. The van der Waals surface area contributed by atoms with Crippen molar-refractivity contribution in [2.75, 3.05) is 33.3 Å². The molecule has 0 aliphatic carbocycles. The van der Waals surface area contributed by atoms with Crippen molar-refractivity contribution in [3.05, 3.63) is 23.2 Å². The molecule has 0 spiro atoms. The molecule has 146 valence electrons. The van der Waals surface area contributed by atoms with Crippen LogP contribution in [0.3, 0.4) is 0 Å². The molecule has 0 radical (unpaired) electrons. The highest BCUT2D eigenvalue weighted by Gasteiger charge is 2.19. The molecule has 1 aliphatic rings. The van der Waals surface area contributed by atoms with Gasteiger partial charge in [0.05, 0.1) is 9.92 Å². The van der Waals surface area contributed by atoms with Crippen LogP contribution in [0.15, 0.2) is 23.1 Å². The van der Waals surface area contributed by atoms with E-state index in [1.807, 2.05) is 6.92 Å². The minimum Gasteiger partial charge on any atom is -0.482 e. The number of carbonyl (C=O) groups is 1. The van der Waals surface area contributed by atoms with Crippen LogP contribution >= 0.6 is 11.6 Å². The summed E-state index contributed by atoms with van der Waals surface area (Å²) < 4.78 is 32.1. The van der Waals surface area contributed by atoms with Crippen molar-refractivity contribution in [2.45, 2.75) is 37.1 Å². The van der Waals surface area contributed by atoms with Crippen LogP contribution in [0.5, 0.6) is 5.75 Å². The summed E-state index contributed by atoms with van der Waals surface area (Å²) in [5, 5.41) is 3.10. The van der Waals surface area contributed by atoms with E-state index in [0.29, 0.717) is 13.0 Å². The lowest BCUT2D eigenvalue weighted by Crippen LogP contribution is -2.44. The van der Waals surface area contributed by atoms with Crippen molar-refractivity contribution in [1.82, 2.24) is 14.9 Å². The fourth-order valence-corrected chi connectivity index (χ4v) is 4.11. The molecule has 7 nitrogen and oxygen atoms in total. The largest absolute Gasteiger partial charge is 0.482 e. The molecule has 0 saturated carbocycles. The predicted molar refractivity (Wildman–Crippen MR) is 101 cm³/mol. The van der Waals surface area contributed by atoms with Crippen LogP contribution in [-0.2, 0) is 14.8 Å². The number of hydrogen-bond donors (Lipinski definition) is 2. The molecule has 0 unspecified atom stereocenters. The van der Waals surface area contributed by atoms with Gasteiger partial charge in [0, 0.05) is 12.6 Å². The number of hydrogen-bond acceptors (Lipinski definition) is 5. The first-order valence-electron chi connectivity index (χ1n) is 8.71. The van der Waals surface area contributed by atoms with Crippen LogP contribution in [0.1, 0.15) is 26.2 Å². The minimum atomic E-state index is -3.59. The van der Waals surface area contributed by atoms with Gasteiger partial charge < -0.3 is 15.0 Å². The van der Waals surface area contributed by atoms with E-state index in [9.17, 15) is 13.2 Å². The number of sulfonamides is 1. The summed E-state index contributed by atoms with van der Waals surface area (Å²) in [6, 6.07) is 4.36. The number of carbonyl (C=O) groups excluding carboxylic acids is 1. The maximum Gasteiger partial charge on any atom is 0.258 e. The van der Waals surface area contributed by atoms with E-state index in [-0.39, 0.29) is 34.2 Å². The summed E-state index contributed by atoms with van der Waals surface area (Å²) >= 11 is 6.11. The lowest BCUT2D eigenvalue weighted by Gasteiger charge is -2.29. The van der Waals surface area contributed by atoms with Gasteiger partial charge in [-0.3, -0.25) is 4.79 Å². The number of rotatable bonds is 8. The monoisotopic (exact) mass is 403 g/mol. The van der Waals surface area contributed by atoms with Crippen LogP contribution in [0.4, 0.5) is 0 Å². The molecule has 2 rings (SSSR count). The number of nitrogens with one attached hydrogen (secondary N) is 2. The van der Waals surface area contributed by atoms with E-state index in [1.165, 1.54) is 18.2 Å². The molecule has 0 bridgehead atoms. The van der Waals surface area contributed by atoms with Gasteiger partial charge in [-0.05, 0) is 57.6 Å². The van der Waals surface area contributed by atoms with E-state index >= 15 is 0 Å². The van der Waals surface area contributed by atoms with Gasteiger partial charge in [-0.1, -0.05) is 18.5 Å². The SMILES string of the molecule is CCCNS(=O)(=O)c1ccc(OCC(=O)NC2CCN(C)CC2)c(Cl)c1. The summed E-state index contributed by atoms with van der Waals surface area (Å²) in [4.78, 5) is 14.3. The second-order valence-electron chi connectivity index (χ2n) is 6.42. The number of halogens is 1. The number of amides is 1. The highest BCUT2D eigenvalue weighted by Crippen LogP contribution is 2.27. The summed E-state index contributed by atoms with van der Waals surface area (Å²) in [5.74, 6) is 0.0663. The van der Waals surface area contributed by atoms with Crippen LogP contribution in [-0.4, -0.2) is 58.6 Å². The van der Waals surface area contributed by atoms with Gasteiger partial charge in [0.15, 0.2) is 6.61 Å². The zero-order valence-corrected chi connectivity index (χ0v) is 16.7. The van der Waals surface area contributed by atoms with Crippen LogP contribution in [0, 0.1) is 0 Å². The van der Waals surface area contributed by atoms with Crippen molar-refractivity contribution in [3.63, 3.8) is 0 Å². The zero-order valence-electron chi connectivity index (χ0n) is 15.1. The third-order valence-electron chi connectivity index (χ3n) is 4.20. The highest BCUT2D eigenvalue weighted by molar-refractivity contribution is 7.89. The van der Waals surface area contributed by atoms with Gasteiger partial charge in [0.25, 0.3) is 5.91 Å². The number of piperidine rings is 1. The Morgan fingerprint density at radius 1 is 1.35 bits per heavy atom. The number of likely N-dealkylation sites (tertiary alicyclic amines) is 1. The Morgan fingerprint density at radius 2 is 2.04 bits per heavy atom. The van der Waals surface area contributed by atoms with Gasteiger partial charge in [-0.2, -0.15) is 0 Å². The summed E-state index contributed by atoms with van der Waals surface area (Å²) in [5.41, 5.74) is 0. The third-order valence-corrected chi connectivity index (χ3v) is 5.95. The first-order chi connectivity index (χ1) is 12.3. The van der Waals surface area contributed by atoms with Gasteiger partial charge in [-0.25, -0.2) is 13.1 Å². The molecule has 9 heteroatoms. The first kappa shape index (κ1) is 21.0. The normalized spacial score (nSPS) is 16.4. The smallest absolute Gasteiger partial charge is 0.258 e. The second-order valence-corrected chi connectivity index (χ2v) is 8.60. The van der Waals surface area contributed by atoms with Gasteiger partial charge in [-0.15, -0.1) is 0 Å². The van der Waals surface area contributed by atoms with Gasteiger partial charge in [0.2, 0.25) is 10.0 Å². The molecule has 26 heavy (non-hydrogen) atoms. The van der Waals surface area contributed by atoms with Crippen molar-refractivity contribution < 1.29 is 17.9 Å². The molecule has 1 amide bonds. The highest BCUT2D eigenvalue weighted by atomic mass is 35.5. The average Bonchev–Trinajstić information content (AvgIpc) is 2.61. The lowest BCUT2D eigenvalue weighted by atomic mass is 10.1. The Labute approximate surface area is 160 Å². The maximum atomic E-state index is 12.1. The number of nitrogens with zero attached hydrogens (tertiary/aromatic N) is 1.